The Bertz CT molecular complexity index is 365. The van der Waals surface area contributed by atoms with E-state index in [4.69, 9.17) is 17.0 Å². The predicted octanol–water partition coefficient (Wildman–Crippen LogP) is 2.42. The molecule has 0 aromatic heterocycles. The molecule has 2 rings (SSSR count). The van der Waals surface area contributed by atoms with Crippen LogP contribution in [0.2, 0.25) is 0 Å². The van der Waals surface area contributed by atoms with Gasteiger partial charge in [0.25, 0.3) is 0 Å². The first-order chi connectivity index (χ1) is 10.1. The van der Waals surface area contributed by atoms with Crippen molar-refractivity contribution in [2.45, 2.75) is 50.9 Å². The van der Waals surface area contributed by atoms with E-state index in [-0.39, 0.29) is 23.2 Å². The summed E-state index contributed by atoms with van der Waals surface area (Å²) in [5, 5.41) is 2.93. The number of amides is 1. The number of thioether (sulfide) groups is 1. The fourth-order valence-electron chi connectivity index (χ4n) is 2.70. The van der Waals surface area contributed by atoms with Crippen LogP contribution >= 0.6 is 24.0 Å². The van der Waals surface area contributed by atoms with Crippen LogP contribution in [0.25, 0.3) is 0 Å². The van der Waals surface area contributed by atoms with Gasteiger partial charge in [-0.3, -0.25) is 4.79 Å². The molecular formula is C15H26N2O2S2. The molecule has 4 nitrogen and oxygen atoms in total. The van der Waals surface area contributed by atoms with E-state index < -0.39 is 0 Å². The molecule has 0 aromatic carbocycles. The number of rotatable bonds is 5. The van der Waals surface area contributed by atoms with Gasteiger partial charge < -0.3 is 15.0 Å². The zero-order valence-corrected chi connectivity index (χ0v) is 14.6. The summed E-state index contributed by atoms with van der Waals surface area (Å²) in [4.78, 5) is 14.7. The molecule has 120 valence electrons. The van der Waals surface area contributed by atoms with Gasteiger partial charge in [-0.05, 0) is 31.6 Å². The minimum absolute atomic E-state index is 0.0899. The second-order valence-corrected chi connectivity index (χ2v) is 7.90. The zero-order valence-electron chi connectivity index (χ0n) is 13.0. The third-order valence-electron chi connectivity index (χ3n) is 3.98. The normalized spacial score (nSPS) is 23.6. The summed E-state index contributed by atoms with van der Waals surface area (Å²) in [6.45, 7) is 7.68. The Morgan fingerprint density at radius 2 is 2.10 bits per heavy atom. The van der Waals surface area contributed by atoms with Crippen molar-refractivity contribution < 1.29 is 9.53 Å². The number of hydrogen-bond acceptors (Lipinski definition) is 4. The van der Waals surface area contributed by atoms with E-state index in [1.54, 1.807) is 11.8 Å². The average Bonchev–Trinajstić information content (AvgIpc) is 3.13. The third-order valence-corrected chi connectivity index (χ3v) is 6.00. The van der Waals surface area contributed by atoms with Gasteiger partial charge >= 0.3 is 0 Å². The molecule has 2 fully saturated rings. The molecule has 21 heavy (non-hydrogen) atoms. The Labute approximate surface area is 137 Å². The van der Waals surface area contributed by atoms with Gasteiger partial charge in [-0.2, -0.15) is 0 Å². The predicted molar refractivity (Wildman–Crippen MR) is 91.6 cm³/mol. The van der Waals surface area contributed by atoms with Gasteiger partial charge in [0, 0.05) is 26.2 Å². The highest BCUT2D eigenvalue weighted by atomic mass is 32.2. The average molecular weight is 331 g/mol. The highest BCUT2D eigenvalue weighted by Gasteiger charge is 2.28. The Balaban J connectivity index is 1.81. The van der Waals surface area contributed by atoms with Gasteiger partial charge in [0.2, 0.25) is 5.91 Å². The molecule has 0 saturated carbocycles. The van der Waals surface area contributed by atoms with Crippen LogP contribution < -0.4 is 5.32 Å². The lowest BCUT2D eigenvalue weighted by Crippen LogP contribution is -2.41. The summed E-state index contributed by atoms with van der Waals surface area (Å²) in [6.07, 6.45) is 4.75. The minimum Gasteiger partial charge on any atom is -0.376 e. The van der Waals surface area contributed by atoms with Crippen LogP contribution in [-0.4, -0.2) is 52.7 Å². The van der Waals surface area contributed by atoms with Crippen LogP contribution in [0.4, 0.5) is 0 Å². The van der Waals surface area contributed by atoms with Crippen molar-refractivity contribution in [3.63, 3.8) is 0 Å². The van der Waals surface area contributed by atoms with Crippen LogP contribution in [0.1, 0.15) is 39.5 Å². The van der Waals surface area contributed by atoms with Crippen molar-refractivity contribution in [1.29, 1.82) is 0 Å². The lowest BCUT2D eigenvalue weighted by molar-refractivity contribution is -0.121. The molecule has 2 heterocycles. The lowest BCUT2D eigenvalue weighted by Gasteiger charge is -2.25. The van der Waals surface area contributed by atoms with Crippen LogP contribution in [0.5, 0.6) is 0 Å². The third kappa shape index (κ3) is 5.11. The molecule has 0 unspecified atom stereocenters. The monoisotopic (exact) mass is 330 g/mol. The molecule has 0 radical (unpaired) electrons. The van der Waals surface area contributed by atoms with Crippen LogP contribution in [0.3, 0.4) is 0 Å². The second-order valence-electron chi connectivity index (χ2n) is 6.12. The first kappa shape index (κ1) is 17.0. The second kappa shape index (κ2) is 8.34. The summed E-state index contributed by atoms with van der Waals surface area (Å²) >= 11 is 7.05. The molecule has 2 aliphatic rings. The van der Waals surface area contributed by atoms with Gasteiger partial charge in [-0.25, -0.2) is 0 Å². The van der Waals surface area contributed by atoms with E-state index in [2.05, 4.69) is 24.1 Å². The van der Waals surface area contributed by atoms with Crippen LogP contribution in [-0.2, 0) is 9.53 Å². The number of thiocarbonyl (C=S) groups is 1. The fourth-order valence-corrected chi connectivity index (χ4v) is 4.20. The fraction of sp³-hybridized carbons (Fsp3) is 0.867. The van der Waals surface area contributed by atoms with Crippen molar-refractivity contribution in [1.82, 2.24) is 10.2 Å². The zero-order chi connectivity index (χ0) is 15.2. The number of carbonyl (C=O) groups is 1. The first-order valence-corrected chi connectivity index (χ1v) is 9.21. The Hall–Kier alpha value is -0.330. The summed E-state index contributed by atoms with van der Waals surface area (Å²) in [7, 11) is 0. The number of nitrogens with one attached hydrogen (secondary N) is 1. The first-order valence-electron chi connectivity index (χ1n) is 7.93. The Kier molecular flexibility index (Phi) is 6.76. The molecule has 0 aliphatic carbocycles. The quantitative estimate of drug-likeness (QED) is 0.784. The smallest absolute Gasteiger partial charge is 0.233 e. The molecule has 0 bridgehead atoms. The number of carbonyl (C=O) groups excluding carboxylic acids is 1. The molecule has 2 atom stereocenters. The molecule has 0 spiro atoms. The Morgan fingerprint density at radius 1 is 1.38 bits per heavy atom. The van der Waals surface area contributed by atoms with E-state index in [0.717, 1.165) is 36.9 Å². The van der Waals surface area contributed by atoms with Crippen molar-refractivity contribution in [3.8, 4) is 0 Å². The van der Waals surface area contributed by atoms with Crippen molar-refractivity contribution in [2.24, 2.45) is 5.92 Å². The summed E-state index contributed by atoms with van der Waals surface area (Å²) < 4.78 is 6.42. The van der Waals surface area contributed by atoms with Gasteiger partial charge in [0.15, 0.2) is 0 Å². The van der Waals surface area contributed by atoms with Crippen molar-refractivity contribution in [2.75, 3.05) is 26.2 Å². The molecular weight excluding hydrogens is 304 g/mol. The summed E-state index contributed by atoms with van der Waals surface area (Å²) in [5.74, 6) is 0.354. The van der Waals surface area contributed by atoms with Crippen LogP contribution in [0.15, 0.2) is 0 Å². The molecule has 1 amide bonds. The molecule has 1 N–H and O–H groups in total. The number of ether oxygens (including phenoxy) is 1. The highest BCUT2D eigenvalue weighted by Crippen LogP contribution is 2.25. The van der Waals surface area contributed by atoms with Gasteiger partial charge in [-0.1, -0.05) is 37.8 Å². The number of hydrogen-bond donors (Lipinski definition) is 1. The van der Waals surface area contributed by atoms with Gasteiger partial charge in [0.1, 0.15) is 4.32 Å². The maximum absolute atomic E-state index is 12.4. The molecule has 2 aliphatic heterocycles. The molecule has 2 saturated heterocycles. The van der Waals surface area contributed by atoms with Gasteiger partial charge in [-0.15, -0.1) is 0 Å². The molecule has 6 heteroatoms. The van der Waals surface area contributed by atoms with Crippen molar-refractivity contribution in [3.05, 3.63) is 0 Å². The molecule has 0 aromatic rings. The van der Waals surface area contributed by atoms with E-state index in [1.165, 1.54) is 12.8 Å². The topological polar surface area (TPSA) is 41.6 Å². The maximum atomic E-state index is 12.4. The van der Waals surface area contributed by atoms with Gasteiger partial charge in [0.05, 0.1) is 11.4 Å². The minimum atomic E-state index is -0.112. The number of likely N-dealkylation sites (tertiary alicyclic amines) is 1. The van der Waals surface area contributed by atoms with Crippen molar-refractivity contribution >= 4 is 34.2 Å². The summed E-state index contributed by atoms with van der Waals surface area (Å²) in [6, 6.07) is 0. The standard InChI is InChI=1S/C15H26N2O2S2/c1-11(2)13(21-15(20)17-7-3-4-8-17)14(18)16-10-12-6-5-9-19-12/h11-13H,3-10H2,1-2H3,(H,16,18)/t12-,13+/m0/s1. The Morgan fingerprint density at radius 3 is 2.67 bits per heavy atom. The van der Waals surface area contributed by atoms with E-state index in [0.29, 0.717) is 6.54 Å². The van der Waals surface area contributed by atoms with Crippen LogP contribution in [0, 0.1) is 5.92 Å². The SMILES string of the molecule is CC(C)[C@@H](SC(=S)N1CCCC1)C(=O)NC[C@@H]1CCCO1. The van der Waals surface area contributed by atoms with E-state index in [9.17, 15) is 4.79 Å². The van der Waals surface area contributed by atoms with E-state index >= 15 is 0 Å². The summed E-state index contributed by atoms with van der Waals surface area (Å²) in [5.41, 5.74) is 0. The largest absolute Gasteiger partial charge is 0.376 e. The maximum Gasteiger partial charge on any atom is 0.233 e. The number of nitrogens with zero attached hydrogens (tertiary/aromatic N) is 1. The lowest BCUT2D eigenvalue weighted by atomic mass is 10.1. The highest BCUT2D eigenvalue weighted by molar-refractivity contribution is 8.23. The van der Waals surface area contributed by atoms with E-state index in [1.807, 2.05) is 0 Å².